The summed E-state index contributed by atoms with van der Waals surface area (Å²) in [6.07, 6.45) is 1.67. The highest BCUT2D eigenvalue weighted by Gasteiger charge is 2.17. The van der Waals surface area contributed by atoms with E-state index in [-0.39, 0.29) is 5.56 Å². The van der Waals surface area contributed by atoms with Crippen molar-refractivity contribution in [2.75, 3.05) is 0 Å². The number of carboxylic acids is 1. The van der Waals surface area contributed by atoms with Gasteiger partial charge in [0.25, 0.3) is 0 Å². The zero-order valence-electron chi connectivity index (χ0n) is 10.0. The normalized spacial score (nSPS) is 10.1. The van der Waals surface area contributed by atoms with Gasteiger partial charge in [0.2, 0.25) is 0 Å². The van der Waals surface area contributed by atoms with Crippen LogP contribution < -0.4 is 0 Å². The maximum atomic E-state index is 11.3. The molecule has 90 valence electrons. The summed E-state index contributed by atoms with van der Waals surface area (Å²) in [7, 11) is 0. The standard InChI is InChI=1S/C13H11N3O2/c1-8-6-11(12(13(17)18)9(2)15-8)16-5-3-4-10(16)7-14/h3-6H,1-2H3,(H,17,18). The van der Waals surface area contributed by atoms with Gasteiger partial charge in [-0.3, -0.25) is 4.98 Å². The molecule has 0 amide bonds. The molecule has 0 saturated heterocycles. The van der Waals surface area contributed by atoms with E-state index in [4.69, 9.17) is 5.26 Å². The highest BCUT2D eigenvalue weighted by Crippen LogP contribution is 2.20. The number of hydrogen-bond acceptors (Lipinski definition) is 3. The molecule has 0 unspecified atom stereocenters. The van der Waals surface area contributed by atoms with Gasteiger partial charge in [-0.2, -0.15) is 5.26 Å². The highest BCUT2D eigenvalue weighted by molar-refractivity contribution is 5.93. The van der Waals surface area contributed by atoms with E-state index in [9.17, 15) is 9.90 Å². The summed E-state index contributed by atoms with van der Waals surface area (Å²) in [6.45, 7) is 3.44. The number of aryl methyl sites for hydroxylation is 2. The molecular weight excluding hydrogens is 230 g/mol. The Morgan fingerprint density at radius 2 is 2.22 bits per heavy atom. The van der Waals surface area contributed by atoms with Crippen LogP contribution in [0.1, 0.15) is 27.4 Å². The Morgan fingerprint density at radius 3 is 2.83 bits per heavy atom. The molecule has 0 aliphatic carbocycles. The van der Waals surface area contributed by atoms with Gasteiger partial charge in [0.1, 0.15) is 17.3 Å². The number of aromatic nitrogens is 2. The first kappa shape index (κ1) is 11.9. The van der Waals surface area contributed by atoms with Gasteiger partial charge >= 0.3 is 5.97 Å². The van der Waals surface area contributed by atoms with Gasteiger partial charge in [0.15, 0.2) is 0 Å². The van der Waals surface area contributed by atoms with Crippen molar-refractivity contribution in [2.24, 2.45) is 0 Å². The van der Waals surface area contributed by atoms with Crippen molar-refractivity contribution in [1.29, 1.82) is 5.26 Å². The summed E-state index contributed by atoms with van der Waals surface area (Å²) in [4.78, 5) is 15.5. The van der Waals surface area contributed by atoms with E-state index in [2.05, 4.69) is 4.98 Å². The Balaban J connectivity index is 2.79. The van der Waals surface area contributed by atoms with Gasteiger partial charge in [-0.05, 0) is 32.0 Å². The number of nitriles is 1. The summed E-state index contributed by atoms with van der Waals surface area (Å²) in [5, 5.41) is 18.3. The molecule has 0 aromatic carbocycles. The Kier molecular flexibility index (Phi) is 2.86. The molecule has 0 spiro atoms. The minimum atomic E-state index is -1.05. The van der Waals surface area contributed by atoms with E-state index < -0.39 is 5.97 Å². The van der Waals surface area contributed by atoms with Crippen LogP contribution in [-0.2, 0) is 0 Å². The van der Waals surface area contributed by atoms with Crippen molar-refractivity contribution in [2.45, 2.75) is 13.8 Å². The molecule has 1 N–H and O–H groups in total. The molecular formula is C13H11N3O2. The minimum Gasteiger partial charge on any atom is -0.478 e. The van der Waals surface area contributed by atoms with Crippen LogP contribution in [0.5, 0.6) is 0 Å². The SMILES string of the molecule is Cc1cc(-n2cccc2C#N)c(C(=O)O)c(C)n1. The van der Waals surface area contributed by atoms with E-state index in [0.29, 0.717) is 22.8 Å². The third kappa shape index (κ3) is 1.84. The zero-order valence-corrected chi connectivity index (χ0v) is 10.0. The molecule has 2 heterocycles. The van der Waals surface area contributed by atoms with Gasteiger partial charge in [-0.15, -0.1) is 0 Å². The number of aromatic carboxylic acids is 1. The lowest BCUT2D eigenvalue weighted by molar-refractivity contribution is 0.0695. The van der Waals surface area contributed by atoms with Crippen LogP contribution in [0.4, 0.5) is 0 Å². The molecule has 0 radical (unpaired) electrons. The van der Waals surface area contributed by atoms with Crippen LogP contribution in [0.3, 0.4) is 0 Å². The summed E-state index contributed by atoms with van der Waals surface area (Å²) < 4.78 is 1.56. The summed E-state index contributed by atoms with van der Waals surface area (Å²) >= 11 is 0. The third-order valence-electron chi connectivity index (χ3n) is 2.64. The van der Waals surface area contributed by atoms with Gasteiger partial charge in [0.05, 0.1) is 11.4 Å². The van der Waals surface area contributed by atoms with E-state index >= 15 is 0 Å². The lowest BCUT2D eigenvalue weighted by atomic mass is 10.1. The number of carbonyl (C=O) groups is 1. The quantitative estimate of drug-likeness (QED) is 0.872. The first-order valence-electron chi connectivity index (χ1n) is 5.34. The number of carboxylic acid groups (broad SMARTS) is 1. The molecule has 2 rings (SSSR count). The average molecular weight is 241 g/mol. The van der Waals surface area contributed by atoms with E-state index in [1.165, 1.54) is 0 Å². The number of pyridine rings is 1. The number of nitrogens with zero attached hydrogens (tertiary/aromatic N) is 3. The topological polar surface area (TPSA) is 78.9 Å². The second-order valence-corrected chi connectivity index (χ2v) is 3.92. The molecule has 18 heavy (non-hydrogen) atoms. The van der Waals surface area contributed by atoms with Crippen LogP contribution in [-0.4, -0.2) is 20.6 Å². The van der Waals surface area contributed by atoms with Crippen molar-refractivity contribution < 1.29 is 9.90 Å². The van der Waals surface area contributed by atoms with E-state index in [1.807, 2.05) is 6.07 Å². The highest BCUT2D eigenvalue weighted by atomic mass is 16.4. The fourth-order valence-electron chi connectivity index (χ4n) is 1.94. The van der Waals surface area contributed by atoms with Gasteiger partial charge < -0.3 is 9.67 Å². The van der Waals surface area contributed by atoms with E-state index in [0.717, 1.165) is 0 Å². The summed E-state index contributed by atoms with van der Waals surface area (Å²) in [5.74, 6) is -1.05. The molecule has 0 aliphatic rings. The third-order valence-corrected chi connectivity index (χ3v) is 2.64. The molecule has 5 heteroatoms. The Bertz CT molecular complexity index is 665. The van der Waals surface area contributed by atoms with Crippen LogP contribution >= 0.6 is 0 Å². The fraction of sp³-hybridized carbons (Fsp3) is 0.154. The molecule has 2 aromatic heterocycles. The smallest absolute Gasteiger partial charge is 0.339 e. The fourth-order valence-corrected chi connectivity index (χ4v) is 1.94. The lowest BCUT2D eigenvalue weighted by Crippen LogP contribution is -2.10. The maximum Gasteiger partial charge on any atom is 0.339 e. The minimum absolute atomic E-state index is 0.119. The van der Waals surface area contributed by atoms with E-state index in [1.54, 1.807) is 42.8 Å². The summed E-state index contributed by atoms with van der Waals surface area (Å²) in [5.41, 5.74) is 2.13. The second-order valence-electron chi connectivity index (χ2n) is 3.92. The molecule has 5 nitrogen and oxygen atoms in total. The van der Waals surface area contributed by atoms with Gasteiger partial charge in [-0.25, -0.2) is 4.79 Å². The van der Waals surface area contributed by atoms with Crippen molar-refractivity contribution in [3.05, 3.63) is 47.0 Å². The first-order chi connectivity index (χ1) is 8.54. The molecule has 0 aliphatic heterocycles. The number of rotatable bonds is 2. The molecule has 2 aromatic rings. The van der Waals surface area contributed by atoms with Crippen molar-refractivity contribution in [1.82, 2.24) is 9.55 Å². The van der Waals surface area contributed by atoms with Crippen molar-refractivity contribution >= 4 is 5.97 Å². The van der Waals surface area contributed by atoms with Crippen LogP contribution in [0.25, 0.3) is 5.69 Å². The molecule has 0 fully saturated rings. The monoisotopic (exact) mass is 241 g/mol. The Hall–Kier alpha value is -2.61. The Labute approximate surface area is 104 Å². The Morgan fingerprint density at radius 1 is 1.50 bits per heavy atom. The predicted octanol–water partition coefficient (Wildman–Crippen LogP) is 2.06. The predicted molar refractivity (Wildman–Crippen MR) is 64.7 cm³/mol. The zero-order chi connectivity index (χ0) is 13.3. The van der Waals surface area contributed by atoms with Gasteiger partial charge in [-0.1, -0.05) is 0 Å². The van der Waals surface area contributed by atoms with Crippen molar-refractivity contribution in [3.8, 4) is 11.8 Å². The maximum absolute atomic E-state index is 11.3. The van der Waals surface area contributed by atoms with Crippen LogP contribution in [0.15, 0.2) is 24.4 Å². The second kappa shape index (κ2) is 4.34. The molecule has 0 bridgehead atoms. The number of hydrogen-bond donors (Lipinski definition) is 1. The molecule has 0 atom stereocenters. The largest absolute Gasteiger partial charge is 0.478 e. The van der Waals surface area contributed by atoms with Gasteiger partial charge in [0, 0.05) is 11.9 Å². The van der Waals surface area contributed by atoms with Crippen molar-refractivity contribution in [3.63, 3.8) is 0 Å². The first-order valence-corrected chi connectivity index (χ1v) is 5.34. The lowest BCUT2D eigenvalue weighted by Gasteiger charge is -2.11. The van der Waals surface area contributed by atoms with Crippen LogP contribution in [0, 0.1) is 25.2 Å². The average Bonchev–Trinajstić information content (AvgIpc) is 2.74. The summed E-state index contributed by atoms with van der Waals surface area (Å²) in [6, 6.07) is 7.03. The molecule has 0 saturated carbocycles. The van der Waals surface area contributed by atoms with Crippen LogP contribution in [0.2, 0.25) is 0 Å².